The van der Waals surface area contributed by atoms with Crippen LogP contribution in [0.1, 0.15) is 61.8 Å². The lowest BCUT2D eigenvalue weighted by molar-refractivity contribution is 0.862. The Morgan fingerprint density at radius 2 is 1.05 bits per heavy atom. The summed E-state index contributed by atoms with van der Waals surface area (Å²) in [7, 11) is 0. The van der Waals surface area contributed by atoms with Gasteiger partial charge in [-0.3, -0.25) is 0 Å². The molecule has 0 unspecified atom stereocenters. The van der Waals surface area contributed by atoms with E-state index in [0.29, 0.717) is 11.8 Å². The normalized spacial score (nSPS) is 11.2. The van der Waals surface area contributed by atoms with Crippen LogP contribution in [0.4, 0.5) is 11.4 Å². The number of hydrogen-bond acceptors (Lipinski definition) is 1. The van der Waals surface area contributed by atoms with Crippen LogP contribution in [0.5, 0.6) is 0 Å². The highest BCUT2D eigenvalue weighted by atomic mass is 14.9. The summed E-state index contributed by atoms with van der Waals surface area (Å²) in [5.74, 6) is 1.03. The van der Waals surface area contributed by atoms with E-state index >= 15 is 0 Å². The lowest BCUT2D eigenvalue weighted by atomic mass is 9.97. The molecule has 2 rings (SSSR count). The molecule has 0 aliphatic carbocycles. The Kier molecular flexibility index (Phi) is 4.72. The molecule has 0 spiro atoms. The number of hydrogen-bond donors (Lipinski definition) is 1. The Bertz CT molecular complexity index is 568. The largest absolute Gasteiger partial charge is 0.355 e. The summed E-state index contributed by atoms with van der Waals surface area (Å²) in [4.78, 5) is 0. The predicted molar refractivity (Wildman–Crippen MR) is 93.8 cm³/mol. The van der Waals surface area contributed by atoms with Crippen LogP contribution in [0.2, 0.25) is 0 Å². The first-order valence-corrected chi connectivity index (χ1v) is 7.86. The molecule has 2 aromatic carbocycles. The maximum absolute atomic E-state index is 3.69. The number of anilines is 2. The molecule has 0 saturated carbocycles. The fraction of sp³-hybridized carbons (Fsp3) is 0.400. The minimum Gasteiger partial charge on any atom is -0.355 e. The third-order valence-corrected chi connectivity index (χ3v) is 3.93. The summed E-state index contributed by atoms with van der Waals surface area (Å²) in [6, 6.07) is 13.4. The van der Waals surface area contributed by atoms with Crippen molar-refractivity contribution in [2.45, 2.75) is 53.4 Å². The van der Waals surface area contributed by atoms with Crippen LogP contribution in [-0.2, 0) is 0 Å². The highest BCUT2D eigenvalue weighted by Crippen LogP contribution is 2.32. The van der Waals surface area contributed by atoms with E-state index in [9.17, 15) is 0 Å². The fourth-order valence-corrected chi connectivity index (χ4v) is 2.71. The third kappa shape index (κ3) is 3.66. The maximum Gasteiger partial charge on any atom is 0.0422 e. The zero-order valence-corrected chi connectivity index (χ0v) is 14.1. The number of rotatable bonds is 4. The Labute approximate surface area is 129 Å². The van der Waals surface area contributed by atoms with Gasteiger partial charge in [0, 0.05) is 11.4 Å². The first kappa shape index (κ1) is 15.6. The van der Waals surface area contributed by atoms with Crippen molar-refractivity contribution < 1.29 is 0 Å². The van der Waals surface area contributed by atoms with Crippen LogP contribution in [0.25, 0.3) is 0 Å². The summed E-state index contributed by atoms with van der Waals surface area (Å²) in [6.07, 6.45) is 0. The van der Waals surface area contributed by atoms with Gasteiger partial charge in [-0.1, -0.05) is 52.0 Å². The summed E-state index contributed by atoms with van der Waals surface area (Å²) in [5.41, 5.74) is 7.80. The second kappa shape index (κ2) is 6.34. The standard InChI is InChI=1S/C20H27N/c1-13(2)17-9-7-15(5)11-19(17)21-20-12-16(6)8-10-18(20)14(3)4/h7-14,21H,1-6H3. The van der Waals surface area contributed by atoms with Crippen LogP contribution in [0.3, 0.4) is 0 Å². The monoisotopic (exact) mass is 281 g/mol. The maximum atomic E-state index is 3.69. The molecule has 0 bridgehead atoms. The van der Waals surface area contributed by atoms with Crippen molar-refractivity contribution in [3.05, 3.63) is 58.7 Å². The lowest BCUT2D eigenvalue weighted by Gasteiger charge is -2.19. The highest BCUT2D eigenvalue weighted by Gasteiger charge is 2.11. The molecule has 0 saturated heterocycles. The van der Waals surface area contributed by atoms with Crippen molar-refractivity contribution in [3.63, 3.8) is 0 Å². The van der Waals surface area contributed by atoms with E-state index in [0.717, 1.165) is 0 Å². The Hall–Kier alpha value is -1.76. The van der Waals surface area contributed by atoms with Crippen molar-refractivity contribution in [1.29, 1.82) is 0 Å². The molecule has 0 amide bonds. The average molecular weight is 281 g/mol. The van der Waals surface area contributed by atoms with E-state index < -0.39 is 0 Å². The SMILES string of the molecule is Cc1ccc(C(C)C)c(Nc2cc(C)ccc2C(C)C)c1. The van der Waals surface area contributed by atoms with Gasteiger partial charge in [-0.25, -0.2) is 0 Å². The minimum atomic E-state index is 0.514. The molecule has 1 heteroatoms. The summed E-state index contributed by atoms with van der Waals surface area (Å²) >= 11 is 0. The Morgan fingerprint density at radius 3 is 1.38 bits per heavy atom. The third-order valence-electron chi connectivity index (χ3n) is 3.93. The zero-order valence-electron chi connectivity index (χ0n) is 14.1. The van der Waals surface area contributed by atoms with E-state index in [1.807, 2.05) is 0 Å². The Morgan fingerprint density at radius 1 is 0.667 bits per heavy atom. The van der Waals surface area contributed by atoms with Crippen LogP contribution in [0.15, 0.2) is 36.4 Å². The van der Waals surface area contributed by atoms with E-state index in [-0.39, 0.29) is 0 Å². The molecule has 2 aromatic rings. The summed E-state index contributed by atoms with van der Waals surface area (Å²) < 4.78 is 0. The van der Waals surface area contributed by atoms with Gasteiger partial charge in [-0.2, -0.15) is 0 Å². The van der Waals surface area contributed by atoms with Gasteiger partial charge in [0.05, 0.1) is 0 Å². The van der Waals surface area contributed by atoms with Crippen LogP contribution in [0, 0.1) is 13.8 Å². The predicted octanol–water partition coefficient (Wildman–Crippen LogP) is 6.29. The lowest BCUT2D eigenvalue weighted by Crippen LogP contribution is -2.02. The summed E-state index contributed by atoms with van der Waals surface area (Å²) in [5, 5.41) is 3.69. The molecule has 0 radical (unpaired) electrons. The second-order valence-electron chi connectivity index (χ2n) is 6.62. The van der Waals surface area contributed by atoms with Crippen molar-refractivity contribution in [3.8, 4) is 0 Å². The van der Waals surface area contributed by atoms with Gasteiger partial charge in [-0.15, -0.1) is 0 Å². The van der Waals surface area contributed by atoms with Gasteiger partial charge in [0.2, 0.25) is 0 Å². The van der Waals surface area contributed by atoms with Gasteiger partial charge < -0.3 is 5.32 Å². The first-order chi connectivity index (χ1) is 9.88. The van der Waals surface area contributed by atoms with Gasteiger partial charge in [0.25, 0.3) is 0 Å². The number of aryl methyl sites for hydroxylation is 2. The van der Waals surface area contributed by atoms with Crippen LogP contribution >= 0.6 is 0 Å². The average Bonchev–Trinajstić information content (AvgIpc) is 2.38. The molecule has 0 aromatic heterocycles. The molecule has 0 aliphatic heterocycles. The number of benzene rings is 2. The molecule has 0 fully saturated rings. The van der Waals surface area contributed by atoms with Crippen LogP contribution < -0.4 is 5.32 Å². The van der Waals surface area contributed by atoms with Gasteiger partial charge in [0.1, 0.15) is 0 Å². The van der Waals surface area contributed by atoms with E-state index in [1.54, 1.807) is 0 Å². The molecule has 0 aliphatic rings. The molecular weight excluding hydrogens is 254 g/mol. The first-order valence-electron chi connectivity index (χ1n) is 7.86. The quantitative estimate of drug-likeness (QED) is 0.694. The number of nitrogens with one attached hydrogen (secondary N) is 1. The van der Waals surface area contributed by atoms with Crippen LogP contribution in [-0.4, -0.2) is 0 Å². The van der Waals surface area contributed by atoms with Gasteiger partial charge in [-0.05, 0) is 60.1 Å². The second-order valence-corrected chi connectivity index (χ2v) is 6.62. The van der Waals surface area contributed by atoms with E-state index in [1.165, 1.54) is 33.6 Å². The van der Waals surface area contributed by atoms with Crippen molar-refractivity contribution in [2.75, 3.05) is 5.32 Å². The molecule has 1 N–H and O–H groups in total. The topological polar surface area (TPSA) is 12.0 Å². The van der Waals surface area contributed by atoms with Crippen molar-refractivity contribution in [2.24, 2.45) is 0 Å². The molecule has 0 atom stereocenters. The summed E-state index contributed by atoms with van der Waals surface area (Å²) in [6.45, 7) is 13.3. The van der Waals surface area contributed by atoms with Crippen molar-refractivity contribution in [1.82, 2.24) is 0 Å². The van der Waals surface area contributed by atoms with Crippen molar-refractivity contribution >= 4 is 11.4 Å². The molecular formula is C20H27N. The zero-order chi connectivity index (χ0) is 15.6. The van der Waals surface area contributed by atoms with E-state index in [2.05, 4.69) is 83.3 Å². The molecule has 1 nitrogen and oxygen atoms in total. The smallest absolute Gasteiger partial charge is 0.0422 e. The molecule has 0 heterocycles. The highest BCUT2D eigenvalue weighted by molar-refractivity contribution is 5.68. The molecule has 21 heavy (non-hydrogen) atoms. The molecule has 112 valence electrons. The minimum absolute atomic E-state index is 0.514. The fourth-order valence-electron chi connectivity index (χ4n) is 2.71. The van der Waals surface area contributed by atoms with Gasteiger partial charge in [0.15, 0.2) is 0 Å². The Balaban J connectivity index is 2.47. The van der Waals surface area contributed by atoms with Gasteiger partial charge >= 0.3 is 0 Å². The van der Waals surface area contributed by atoms with E-state index in [4.69, 9.17) is 0 Å².